The topological polar surface area (TPSA) is 24.5 Å². The van der Waals surface area contributed by atoms with E-state index in [9.17, 15) is 0 Å². The van der Waals surface area contributed by atoms with E-state index in [1.54, 1.807) is 0 Å². The van der Waals surface area contributed by atoms with Crippen LogP contribution in [0.4, 0.5) is 5.69 Å². The molecule has 0 aliphatic carbocycles. The second-order valence-electron chi connectivity index (χ2n) is 5.26. The summed E-state index contributed by atoms with van der Waals surface area (Å²) in [5.74, 6) is 0. The van der Waals surface area contributed by atoms with Crippen LogP contribution >= 0.6 is 0 Å². The molecular formula is C15H24N2O. The van der Waals surface area contributed by atoms with Gasteiger partial charge < -0.3 is 15.0 Å². The molecule has 100 valence electrons. The van der Waals surface area contributed by atoms with Crippen molar-refractivity contribution >= 4 is 5.69 Å². The fourth-order valence-electron chi connectivity index (χ4n) is 2.44. The molecule has 2 unspecified atom stereocenters. The number of ether oxygens (including phenoxy) is 1. The van der Waals surface area contributed by atoms with Crippen LogP contribution in [0.2, 0.25) is 0 Å². The van der Waals surface area contributed by atoms with Gasteiger partial charge in [0, 0.05) is 31.4 Å². The molecule has 0 aromatic heterocycles. The van der Waals surface area contributed by atoms with Crippen LogP contribution in [0.25, 0.3) is 0 Å². The van der Waals surface area contributed by atoms with Crippen molar-refractivity contribution in [3.8, 4) is 0 Å². The van der Waals surface area contributed by atoms with Crippen LogP contribution in [0.1, 0.15) is 18.9 Å². The lowest BCUT2D eigenvalue weighted by Gasteiger charge is -2.32. The molecule has 0 spiro atoms. The third-order valence-corrected chi connectivity index (χ3v) is 3.69. The number of benzene rings is 1. The Morgan fingerprint density at radius 1 is 1.50 bits per heavy atom. The highest BCUT2D eigenvalue weighted by molar-refractivity contribution is 5.48. The third-order valence-electron chi connectivity index (χ3n) is 3.69. The second-order valence-corrected chi connectivity index (χ2v) is 5.26. The SMILES string of the molecule is Cc1cccc(N(C)C(C)CC2COCCN2)c1. The number of hydrogen-bond acceptors (Lipinski definition) is 3. The Bertz CT molecular complexity index is 375. The molecule has 1 aromatic carbocycles. The van der Waals surface area contributed by atoms with E-state index in [1.807, 2.05) is 0 Å². The largest absolute Gasteiger partial charge is 0.379 e. The minimum atomic E-state index is 0.487. The van der Waals surface area contributed by atoms with Gasteiger partial charge in [0.15, 0.2) is 0 Å². The summed E-state index contributed by atoms with van der Waals surface area (Å²) in [6.07, 6.45) is 1.12. The molecule has 2 atom stereocenters. The molecule has 18 heavy (non-hydrogen) atoms. The fourth-order valence-corrected chi connectivity index (χ4v) is 2.44. The summed E-state index contributed by atoms with van der Waals surface area (Å²) < 4.78 is 5.51. The van der Waals surface area contributed by atoms with Gasteiger partial charge in [-0.3, -0.25) is 0 Å². The molecule has 0 saturated carbocycles. The van der Waals surface area contributed by atoms with Gasteiger partial charge in [-0.15, -0.1) is 0 Å². The molecule has 1 N–H and O–H groups in total. The summed E-state index contributed by atoms with van der Waals surface area (Å²) in [7, 11) is 2.17. The van der Waals surface area contributed by atoms with Gasteiger partial charge in [-0.1, -0.05) is 12.1 Å². The number of nitrogens with one attached hydrogen (secondary N) is 1. The average Bonchev–Trinajstić information content (AvgIpc) is 2.39. The average molecular weight is 248 g/mol. The number of hydrogen-bond donors (Lipinski definition) is 1. The van der Waals surface area contributed by atoms with E-state index in [-0.39, 0.29) is 0 Å². The first-order valence-corrected chi connectivity index (χ1v) is 6.77. The molecule has 1 saturated heterocycles. The first-order chi connectivity index (χ1) is 8.66. The van der Waals surface area contributed by atoms with E-state index in [0.29, 0.717) is 12.1 Å². The normalized spacial score (nSPS) is 21.6. The van der Waals surface area contributed by atoms with E-state index >= 15 is 0 Å². The molecule has 1 aliphatic rings. The Kier molecular flexibility index (Phi) is 4.61. The van der Waals surface area contributed by atoms with Gasteiger partial charge in [0.2, 0.25) is 0 Å². The van der Waals surface area contributed by atoms with Crippen molar-refractivity contribution in [2.75, 3.05) is 31.7 Å². The maximum Gasteiger partial charge on any atom is 0.0621 e. The van der Waals surface area contributed by atoms with Crippen molar-refractivity contribution in [1.29, 1.82) is 0 Å². The third kappa shape index (κ3) is 3.47. The van der Waals surface area contributed by atoms with Crippen LogP contribution < -0.4 is 10.2 Å². The van der Waals surface area contributed by atoms with Crippen LogP contribution in [0.5, 0.6) is 0 Å². The summed E-state index contributed by atoms with van der Waals surface area (Å²) in [5.41, 5.74) is 2.60. The van der Waals surface area contributed by atoms with Gasteiger partial charge in [-0.25, -0.2) is 0 Å². The van der Waals surface area contributed by atoms with E-state index < -0.39 is 0 Å². The zero-order valence-electron chi connectivity index (χ0n) is 11.6. The second kappa shape index (κ2) is 6.21. The quantitative estimate of drug-likeness (QED) is 0.884. The highest BCUT2D eigenvalue weighted by Gasteiger charge is 2.19. The van der Waals surface area contributed by atoms with Crippen molar-refractivity contribution in [3.63, 3.8) is 0 Å². The van der Waals surface area contributed by atoms with Crippen molar-refractivity contribution in [1.82, 2.24) is 5.32 Å². The summed E-state index contributed by atoms with van der Waals surface area (Å²) in [5, 5.41) is 3.52. The lowest BCUT2D eigenvalue weighted by Crippen LogP contribution is -2.45. The van der Waals surface area contributed by atoms with Gasteiger partial charge in [-0.05, 0) is 38.0 Å². The maximum absolute atomic E-state index is 5.51. The van der Waals surface area contributed by atoms with E-state index in [1.165, 1.54) is 11.3 Å². The Morgan fingerprint density at radius 2 is 2.33 bits per heavy atom. The molecule has 0 bridgehead atoms. The number of rotatable bonds is 4. The lowest BCUT2D eigenvalue weighted by molar-refractivity contribution is 0.0724. The molecule has 0 amide bonds. The van der Waals surface area contributed by atoms with E-state index in [2.05, 4.69) is 55.4 Å². The van der Waals surface area contributed by atoms with Crippen LogP contribution in [0.3, 0.4) is 0 Å². The van der Waals surface area contributed by atoms with Crippen molar-refractivity contribution in [3.05, 3.63) is 29.8 Å². The molecule has 1 aromatic rings. The summed E-state index contributed by atoms with van der Waals surface area (Å²) in [6.45, 7) is 7.08. The van der Waals surface area contributed by atoms with Crippen LogP contribution in [0.15, 0.2) is 24.3 Å². The summed E-state index contributed by atoms with van der Waals surface area (Å²) >= 11 is 0. The minimum absolute atomic E-state index is 0.487. The summed E-state index contributed by atoms with van der Waals surface area (Å²) in [6, 6.07) is 9.66. The minimum Gasteiger partial charge on any atom is -0.379 e. The molecule has 0 radical (unpaired) electrons. The zero-order chi connectivity index (χ0) is 13.0. The Hall–Kier alpha value is -1.06. The summed E-state index contributed by atoms with van der Waals surface area (Å²) in [4.78, 5) is 2.35. The molecule has 3 nitrogen and oxygen atoms in total. The molecule has 1 fully saturated rings. The van der Waals surface area contributed by atoms with Crippen molar-refractivity contribution < 1.29 is 4.74 Å². The molecular weight excluding hydrogens is 224 g/mol. The predicted octanol–water partition coefficient (Wildman–Crippen LogP) is 2.20. The molecule has 1 aliphatic heterocycles. The molecule has 1 heterocycles. The van der Waals surface area contributed by atoms with Gasteiger partial charge >= 0.3 is 0 Å². The van der Waals surface area contributed by atoms with Crippen molar-refractivity contribution in [2.45, 2.75) is 32.4 Å². The van der Waals surface area contributed by atoms with Gasteiger partial charge in [0.1, 0.15) is 0 Å². The lowest BCUT2D eigenvalue weighted by atomic mass is 10.1. The van der Waals surface area contributed by atoms with Gasteiger partial charge in [0.05, 0.1) is 13.2 Å². The Balaban J connectivity index is 1.93. The van der Waals surface area contributed by atoms with E-state index in [0.717, 1.165) is 26.2 Å². The standard InChI is InChI=1S/C15H24N2O/c1-12-5-4-6-15(9-12)17(3)13(2)10-14-11-18-8-7-16-14/h4-6,9,13-14,16H,7-8,10-11H2,1-3H3. The van der Waals surface area contributed by atoms with Gasteiger partial charge in [-0.2, -0.15) is 0 Å². The van der Waals surface area contributed by atoms with Crippen LogP contribution in [0, 0.1) is 6.92 Å². The fraction of sp³-hybridized carbons (Fsp3) is 0.600. The number of morpholine rings is 1. The number of nitrogens with zero attached hydrogens (tertiary/aromatic N) is 1. The first kappa shape index (κ1) is 13.4. The zero-order valence-corrected chi connectivity index (χ0v) is 11.6. The monoisotopic (exact) mass is 248 g/mol. The first-order valence-electron chi connectivity index (χ1n) is 6.77. The molecule has 2 rings (SSSR count). The van der Waals surface area contributed by atoms with Crippen molar-refractivity contribution in [2.24, 2.45) is 0 Å². The smallest absolute Gasteiger partial charge is 0.0621 e. The molecule has 3 heteroatoms. The van der Waals surface area contributed by atoms with E-state index in [4.69, 9.17) is 4.74 Å². The van der Waals surface area contributed by atoms with Crippen LogP contribution in [-0.4, -0.2) is 38.9 Å². The number of anilines is 1. The predicted molar refractivity (Wildman–Crippen MR) is 76.3 cm³/mol. The van der Waals surface area contributed by atoms with Crippen LogP contribution in [-0.2, 0) is 4.74 Å². The highest BCUT2D eigenvalue weighted by atomic mass is 16.5. The Morgan fingerprint density at radius 3 is 3.00 bits per heavy atom. The highest BCUT2D eigenvalue weighted by Crippen LogP contribution is 2.19. The van der Waals surface area contributed by atoms with Gasteiger partial charge in [0.25, 0.3) is 0 Å². The Labute approximate surface area is 110 Å². The maximum atomic E-state index is 5.51. The number of aryl methyl sites for hydroxylation is 1.